The summed E-state index contributed by atoms with van der Waals surface area (Å²) < 4.78 is 12.9. The summed E-state index contributed by atoms with van der Waals surface area (Å²) in [6, 6.07) is 13.7. The molecule has 1 N–H and O–H groups in total. The maximum atomic E-state index is 12.9. The van der Waals surface area contributed by atoms with E-state index in [9.17, 15) is 19.2 Å². The lowest BCUT2D eigenvalue weighted by Gasteiger charge is -2.22. The molecule has 4 rings (SSSR count). The van der Waals surface area contributed by atoms with Crippen molar-refractivity contribution in [3.8, 4) is 17.3 Å². The molecule has 0 saturated heterocycles. The highest BCUT2D eigenvalue weighted by atomic mass is 19.1. The molecule has 1 aliphatic carbocycles. The Hall–Kier alpha value is -4.12. The van der Waals surface area contributed by atoms with Crippen LogP contribution < -0.4 is 10.2 Å². The maximum absolute atomic E-state index is 12.9. The molecule has 0 atom stereocenters. The molecule has 1 saturated carbocycles. The van der Waals surface area contributed by atoms with E-state index < -0.39 is 5.95 Å². The molecule has 7 nitrogen and oxygen atoms in total. The Kier molecular flexibility index (Phi) is 6.41. The number of rotatable bonds is 7. The van der Waals surface area contributed by atoms with Gasteiger partial charge in [-0.25, -0.2) is 4.98 Å². The van der Waals surface area contributed by atoms with Gasteiger partial charge in [0.25, 0.3) is 0 Å². The van der Waals surface area contributed by atoms with Gasteiger partial charge in [-0.3, -0.25) is 14.6 Å². The molecule has 2 amide bonds. The fraction of sp³-hybridized carbons (Fsp3) is 0.240. The fourth-order valence-corrected chi connectivity index (χ4v) is 3.52. The summed E-state index contributed by atoms with van der Waals surface area (Å²) in [4.78, 5) is 34.0. The quantitative estimate of drug-likeness (QED) is 0.555. The average Bonchev–Trinajstić information content (AvgIpc) is 3.63. The van der Waals surface area contributed by atoms with Crippen molar-refractivity contribution in [2.24, 2.45) is 5.92 Å². The van der Waals surface area contributed by atoms with Gasteiger partial charge in [-0.05, 0) is 54.7 Å². The van der Waals surface area contributed by atoms with Gasteiger partial charge in [0.2, 0.25) is 17.8 Å². The van der Waals surface area contributed by atoms with Gasteiger partial charge in [0.1, 0.15) is 6.07 Å². The van der Waals surface area contributed by atoms with Crippen molar-refractivity contribution in [3.63, 3.8) is 0 Å². The van der Waals surface area contributed by atoms with E-state index in [1.54, 1.807) is 29.2 Å². The third-order valence-corrected chi connectivity index (χ3v) is 5.42. The number of carbonyl (C=O) groups excluding carboxylic acids is 2. The van der Waals surface area contributed by atoms with Crippen molar-refractivity contribution in [2.45, 2.75) is 26.2 Å². The zero-order valence-corrected chi connectivity index (χ0v) is 18.1. The van der Waals surface area contributed by atoms with Crippen LogP contribution in [0.15, 0.2) is 54.9 Å². The summed E-state index contributed by atoms with van der Waals surface area (Å²) in [7, 11) is 0. The van der Waals surface area contributed by atoms with E-state index in [-0.39, 0.29) is 18.2 Å². The van der Waals surface area contributed by atoms with Crippen LogP contribution in [0.25, 0.3) is 11.3 Å². The molecule has 33 heavy (non-hydrogen) atoms. The SMILES string of the molecule is CC(=O)N(CC1CC1)c1ccc(-c2ccc(NC(=O)Cc3ccc(F)nc3)cn2)cc1C#N. The van der Waals surface area contributed by atoms with E-state index in [0.29, 0.717) is 40.7 Å². The van der Waals surface area contributed by atoms with Gasteiger partial charge < -0.3 is 10.2 Å². The Morgan fingerprint density at radius 2 is 1.97 bits per heavy atom. The van der Waals surface area contributed by atoms with Crippen molar-refractivity contribution in [1.82, 2.24) is 9.97 Å². The van der Waals surface area contributed by atoms with Crippen LogP contribution in [0.5, 0.6) is 0 Å². The van der Waals surface area contributed by atoms with Gasteiger partial charge >= 0.3 is 0 Å². The molecule has 2 heterocycles. The van der Waals surface area contributed by atoms with Crippen molar-refractivity contribution < 1.29 is 14.0 Å². The van der Waals surface area contributed by atoms with Crippen molar-refractivity contribution in [2.75, 3.05) is 16.8 Å². The summed E-state index contributed by atoms with van der Waals surface area (Å²) in [5.41, 5.74) is 3.51. The minimum Gasteiger partial charge on any atom is -0.324 e. The molecule has 1 aliphatic rings. The first kappa shape index (κ1) is 22.1. The zero-order chi connectivity index (χ0) is 23.4. The minimum absolute atomic E-state index is 0.0650. The van der Waals surface area contributed by atoms with E-state index >= 15 is 0 Å². The number of anilines is 2. The second-order valence-corrected chi connectivity index (χ2v) is 8.06. The zero-order valence-electron chi connectivity index (χ0n) is 18.1. The van der Waals surface area contributed by atoms with Gasteiger partial charge in [0.15, 0.2) is 0 Å². The smallest absolute Gasteiger partial charge is 0.228 e. The Bertz CT molecular complexity index is 1220. The number of halogens is 1. The topological polar surface area (TPSA) is 99.0 Å². The molecule has 8 heteroatoms. The fourth-order valence-electron chi connectivity index (χ4n) is 3.52. The molecule has 0 aliphatic heterocycles. The van der Waals surface area contributed by atoms with Gasteiger partial charge in [-0.1, -0.05) is 12.1 Å². The molecule has 1 aromatic carbocycles. The van der Waals surface area contributed by atoms with Gasteiger partial charge in [0, 0.05) is 25.2 Å². The lowest BCUT2D eigenvalue weighted by atomic mass is 10.0. The van der Waals surface area contributed by atoms with Crippen LogP contribution in [-0.2, 0) is 16.0 Å². The van der Waals surface area contributed by atoms with E-state index in [2.05, 4.69) is 21.4 Å². The first-order valence-electron chi connectivity index (χ1n) is 10.6. The van der Waals surface area contributed by atoms with Crippen LogP contribution in [0.3, 0.4) is 0 Å². The molecule has 166 valence electrons. The second-order valence-electron chi connectivity index (χ2n) is 8.06. The minimum atomic E-state index is -0.594. The molecular formula is C25H22FN5O2. The highest BCUT2D eigenvalue weighted by Gasteiger charge is 2.27. The standard InChI is InChI=1S/C25H22FN5O2/c1-16(32)31(15-17-2-3-17)23-8-5-19(11-20(23)12-27)22-7-6-21(14-28-22)30-25(33)10-18-4-9-24(26)29-13-18/h4-9,11,13-14,17H,2-3,10,15H2,1H3,(H,30,33). The number of hydrogen-bond acceptors (Lipinski definition) is 5. The van der Waals surface area contributed by atoms with E-state index in [1.807, 2.05) is 6.07 Å². The number of aromatic nitrogens is 2. The largest absolute Gasteiger partial charge is 0.324 e. The number of carbonyl (C=O) groups is 2. The number of hydrogen-bond donors (Lipinski definition) is 1. The highest BCUT2D eigenvalue weighted by Crippen LogP contribution is 2.33. The summed E-state index contributed by atoms with van der Waals surface area (Å²) in [5, 5.41) is 12.4. The van der Waals surface area contributed by atoms with Crippen LogP contribution in [0, 0.1) is 23.2 Å². The molecule has 1 fully saturated rings. The molecule has 0 unspecified atom stereocenters. The van der Waals surface area contributed by atoms with Crippen LogP contribution in [0.4, 0.5) is 15.8 Å². The number of benzene rings is 1. The Balaban J connectivity index is 1.46. The summed E-state index contributed by atoms with van der Waals surface area (Å²) in [6.07, 6.45) is 5.14. The monoisotopic (exact) mass is 443 g/mol. The van der Waals surface area contributed by atoms with Crippen molar-refractivity contribution >= 4 is 23.2 Å². The number of nitrogens with one attached hydrogen (secondary N) is 1. The normalized spacial score (nSPS) is 12.6. The number of nitrogens with zero attached hydrogens (tertiary/aromatic N) is 4. The molecule has 2 aromatic heterocycles. The van der Waals surface area contributed by atoms with E-state index in [1.165, 1.54) is 31.5 Å². The van der Waals surface area contributed by atoms with Crippen molar-refractivity contribution in [3.05, 3.63) is 71.9 Å². The number of nitriles is 1. The van der Waals surface area contributed by atoms with Crippen LogP contribution in [-0.4, -0.2) is 28.3 Å². The van der Waals surface area contributed by atoms with Crippen molar-refractivity contribution in [1.29, 1.82) is 5.26 Å². The first-order valence-corrected chi connectivity index (χ1v) is 10.6. The Morgan fingerprint density at radius 1 is 1.15 bits per heavy atom. The number of amides is 2. The third kappa shape index (κ3) is 5.57. The Morgan fingerprint density at radius 3 is 2.58 bits per heavy atom. The van der Waals surface area contributed by atoms with Gasteiger partial charge in [0.05, 0.1) is 35.2 Å². The highest BCUT2D eigenvalue weighted by molar-refractivity contribution is 5.94. The first-order chi connectivity index (χ1) is 15.9. The number of pyridine rings is 2. The van der Waals surface area contributed by atoms with Gasteiger partial charge in [-0.2, -0.15) is 9.65 Å². The molecule has 3 aromatic rings. The lowest BCUT2D eigenvalue weighted by Crippen LogP contribution is -2.31. The van der Waals surface area contributed by atoms with Crippen LogP contribution in [0.2, 0.25) is 0 Å². The van der Waals surface area contributed by atoms with Gasteiger partial charge in [-0.15, -0.1) is 0 Å². The molecular weight excluding hydrogens is 421 g/mol. The van der Waals surface area contributed by atoms with Crippen LogP contribution >= 0.6 is 0 Å². The van der Waals surface area contributed by atoms with E-state index in [4.69, 9.17) is 0 Å². The molecule has 0 spiro atoms. The molecule has 0 bridgehead atoms. The van der Waals surface area contributed by atoms with E-state index in [0.717, 1.165) is 18.4 Å². The summed E-state index contributed by atoms with van der Waals surface area (Å²) in [5.74, 6) is -0.442. The molecule has 0 radical (unpaired) electrons. The lowest BCUT2D eigenvalue weighted by molar-refractivity contribution is -0.117. The third-order valence-electron chi connectivity index (χ3n) is 5.42. The summed E-state index contributed by atoms with van der Waals surface area (Å²) in [6.45, 7) is 2.14. The predicted octanol–water partition coefficient (Wildman–Crippen LogP) is 4.10. The summed E-state index contributed by atoms with van der Waals surface area (Å²) >= 11 is 0. The predicted molar refractivity (Wildman–Crippen MR) is 122 cm³/mol. The maximum Gasteiger partial charge on any atom is 0.228 e. The Labute approximate surface area is 190 Å². The van der Waals surface area contributed by atoms with Crippen LogP contribution in [0.1, 0.15) is 30.9 Å². The average molecular weight is 443 g/mol. The second kappa shape index (κ2) is 9.57.